The highest BCUT2D eigenvalue weighted by atomic mass is 35.5. The lowest BCUT2D eigenvalue weighted by Crippen LogP contribution is -2.71. The van der Waals surface area contributed by atoms with Gasteiger partial charge >= 0.3 is 0 Å². The summed E-state index contributed by atoms with van der Waals surface area (Å²) in [6.07, 6.45) is -0.967. The summed E-state index contributed by atoms with van der Waals surface area (Å²) in [4.78, 5) is 40.2. The summed E-state index contributed by atoms with van der Waals surface area (Å²) in [6.45, 7) is 2.12. The fourth-order valence-electron chi connectivity index (χ4n) is 3.08. The van der Waals surface area contributed by atoms with Gasteiger partial charge in [0.15, 0.2) is 0 Å². The van der Waals surface area contributed by atoms with Crippen molar-refractivity contribution in [1.82, 2.24) is 15.1 Å². The van der Waals surface area contributed by atoms with Gasteiger partial charge in [-0.05, 0) is 19.1 Å². The maximum absolute atomic E-state index is 12.6. The van der Waals surface area contributed by atoms with Gasteiger partial charge in [0.05, 0.1) is 23.2 Å². The Morgan fingerprint density at radius 1 is 1.33 bits per heavy atom. The van der Waals surface area contributed by atoms with Crippen molar-refractivity contribution in [2.45, 2.75) is 25.1 Å². The van der Waals surface area contributed by atoms with Crippen LogP contribution in [0.1, 0.15) is 17.3 Å². The Balaban J connectivity index is 1.78. The van der Waals surface area contributed by atoms with E-state index < -0.39 is 18.2 Å². The van der Waals surface area contributed by atoms with Gasteiger partial charge in [-0.2, -0.15) is 0 Å². The number of nitrogens with zero attached hydrogens (tertiary/aromatic N) is 2. The number of carbonyl (C=O) groups excluding carboxylic acids is 3. The van der Waals surface area contributed by atoms with Crippen molar-refractivity contribution in [2.24, 2.45) is 0 Å². The van der Waals surface area contributed by atoms with E-state index in [1.54, 1.807) is 24.3 Å². The molecule has 1 aromatic carbocycles. The lowest BCUT2D eigenvalue weighted by Gasteiger charge is -2.45. The van der Waals surface area contributed by atoms with Crippen LogP contribution in [0.2, 0.25) is 5.02 Å². The van der Waals surface area contributed by atoms with Crippen molar-refractivity contribution >= 4 is 29.3 Å². The first-order chi connectivity index (χ1) is 11.4. The van der Waals surface area contributed by atoms with Crippen LogP contribution in [0.25, 0.3) is 0 Å². The maximum Gasteiger partial charge on any atom is 0.255 e. The lowest BCUT2D eigenvalue weighted by atomic mass is 10.0. The van der Waals surface area contributed by atoms with Crippen LogP contribution in [0, 0.1) is 0 Å². The SMILES string of the molecule is C[C@H](O)[C@H]1NC(=O)[C@H]2CN(C(=O)c3ccccc3Cl)CCN2C1=O. The molecule has 0 saturated carbocycles. The quantitative estimate of drug-likeness (QED) is 0.777. The number of rotatable bonds is 2. The van der Waals surface area contributed by atoms with E-state index in [2.05, 4.69) is 5.32 Å². The molecule has 2 aliphatic heterocycles. The Labute approximate surface area is 144 Å². The number of piperazine rings is 2. The molecular formula is C16H18ClN3O4. The minimum Gasteiger partial charge on any atom is -0.391 e. The van der Waals surface area contributed by atoms with Crippen LogP contribution in [-0.2, 0) is 9.59 Å². The predicted octanol–water partition coefficient (Wildman–Crippen LogP) is -0.128. The van der Waals surface area contributed by atoms with Gasteiger partial charge < -0.3 is 20.2 Å². The smallest absolute Gasteiger partial charge is 0.255 e. The van der Waals surface area contributed by atoms with Crippen LogP contribution in [0.15, 0.2) is 24.3 Å². The Morgan fingerprint density at radius 3 is 2.71 bits per heavy atom. The number of aliphatic hydroxyl groups excluding tert-OH is 1. The highest BCUT2D eigenvalue weighted by Gasteiger charge is 2.45. The van der Waals surface area contributed by atoms with Gasteiger partial charge in [-0.3, -0.25) is 14.4 Å². The third kappa shape index (κ3) is 2.85. The highest BCUT2D eigenvalue weighted by Crippen LogP contribution is 2.22. The van der Waals surface area contributed by atoms with Crippen molar-refractivity contribution in [3.8, 4) is 0 Å². The van der Waals surface area contributed by atoms with Gasteiger partial charge in [-0.1, -0.05) is 23.7 Å². The summed E-state index contributed by atoms with van der Waals surface area (Å²) < 4.78 is 0. The largest absolute Gasteiger partial charge is 0.391 e. The monoisotopic (exact) mass is 351 g/mol. The summed E-state index contributed by atoms with van der Waals surface area (Å²) in [5.41, 5.74) is 0.372. The van der Waals surface area contributed by atoms with Crippen LogP contribution in [-0.4, -0.2) is 70.4 Å². The summed E-state index contributed by atoms with van der Waals surface area (Å²) in [5, 5.41) is 12.5. The molecule has 128 valence electrons. The lowest BCUT2D eigenvalue weighted by molar-refractivity contribution is -0.155. The molecule has 7 nitrogen and oxygen atoms in total. The zero-order valence-electron chi connectivity index (χ0n) is 13.1. The zero-order chi connectivity index (χ0) is 17.4. The standard InChI is InChI=1S/C16H18ClN3O4/c1-9(21)13-16(24)20-7-6-19(8-12(20)14(22)18-13)15(23)10-4-2-3-5-11(10)17/h2-5,9,12-13,21H,6-8H2,1H3,(H,18,22)/t9-,12+,13+/m0/s1. The first-order valence-electron chi connectivity index (χ1n) is 7.73. The molecule has 2 fully saturated rings. The van der Waals surface area contributed by atoms with Crippen LogP contribution in [0.3, 0.4) is 0 Å². The Kier molecular flexibility index (Phi) is 4.47. The topological polar surface area (TPSA) is 89.9 Å². The van der Waals surface area contributed by atoms with Crippen molar-refractivity contribution in [1.29, 1.82) is 0 Å². The number of halogens is 1. The fourth-order valence-corrected chi connectivity index (χ4v) is 3.29. The van der Waals surface area contributed by atoms with Crippen molar-refractivity contribution in [3.05, 3.63) is 34.9 Å². The number of hydrogen-bond acceptors (Lipinski definition) is 4. The van der Waals surface area contributed by atoms with Crippen molar-refractivity contribution in [3.63, 3.8) is 0 Å². The molecule has 0 spiro atoms. The molecule has 3 rings (SSSR count). The van der Waals surface area contributed by atoms with Crippen LogP contribution >= 0.6 is 11.6 Å². The number of nitrogens with one attached hydrogen (secondary N) is 1. The normalized spacial score (nSPS) is 25.1. The Morgan fingerprint density at radius 2 is 2.04 bits per heavy atom. The molecule has 0 unspecified atom stereocenters. The van der Waals surface area contributed by atoms with Crippen LogP contribution in [0.5, 0.6) is 0 Å². The van der Waals surface area contributed by atoms with Crippen molar-refractivity contribution < 1.29 is 19.5 Å². The summed E-state index contributed by atoms with van der Waals surface area (Å²) in [7, 11) is 0. The second-order valence-electron chi connectivity index (χ2n) is 6.01. The molecule has 8 heteroatoms. The predicted molar refractivity (Wildman–Crippen MR) is 86.5 cm³/mol. The van der Waals surface area contributed by atoms with E-state index >= 15 is 0 Å². The molecule has 2 saturated heterocycles. The minimum absolute atomic E-state index is 0.105. The van der Waals surface area contributed by atoms with E-state index in [0.717, 1.165) is 0 Å². The minimum atomic E-state index is -0.967. The second kappa shape index (κ2) is 6.41. The van der Waals surface area contributed by atoms with Crippen LogP contribution < -0.4 is 5.32 Å². The summed E-state index contributed by atoms with van der Waals surface area (Å²) in [6, 6.07) is 5.05. The third-order valence-electron chi connectivity index (χ3n) is 4.40. The first kappa shape index (κ1) is 16.7. The van der Waals surface area contributed by atoms with E-state index in [-0.39, 0.29) is 30.8 Å². The average Bonchev–Trinajstić information content (AvgIpc) is 2.57. The number of amides is 3. The van der Waals surface area contributed by atoms with Gasteiger partial charge in [0.25, 0.3) is 5.91 Å². The molecule has 0 radical (unpaired) electrons. The molecule has 2 heterocycles. The number of benzene rings is 1. The van der Waals surface area contributed by atoms with Crippen molar-refractivity contribution in [2.75, 3.05) is 19.6 Å². The van der Waals surface area contributed by atoms with E-state index in [4.69, 9.17) is 11.6 Å². The molecule has 0 aliphatic carbocycles. The van der Waals surface area contributed by atoms with E-state index in [9.17, 15) is 19.5 Å². The second-order valence-corrected chi connectivity index (χ2v) is 6.41. The fraction of sp³-hybridized carbons (Fsp3) is 0.438. The highest BCUT2D eigenvalue weighted by molar-refractivity contribution is 6.33. The van der Waals surface area contributed by atoms with Gasteiger partial charge in [0.2, 0.25) is 11.8 Å². The first-order valence-corrected chi connectivity index (χ1v) is 8.10. The zero-order valence-corrected chi connectivity index (χ0v) is 13.9. The third-order valence-corrected chi connectivity index (χ3v) is 4.73. The number of aliphatic hydroxyl groups is 1. The number of carbonyl (C=O) groups is 3. The molecular weight excluding hydrogens is 334 g/mol. The molecule has 2 N–H and O–H groups in total. The maximum atomic E-state index is 12.6. The van der Waals surface area contributed by atoms with E-state index in [1.807, 2.05) is 0 Å². The Bertz CT molecular complexity index is 694. The van der Waals surface area contributed by atoms with Gasteiger partial charge in [-0.15, -0.1) is 0 Å². The molecule has 3 atom stereocenters. The summed E-state index contributed by atoms with van der Waals surface area (Å²) >= 11 is 6.06. The molecule has 3 amide bonds. The Hall–Kier alpha value is -2.12. The van der Waals surface area contributed by atoms with Crippen LogP contribution in [0.4, 0.5) is 0 Å². The molecule has 0 bridgehead atoms. The molecule has 2 aliphatic rings. The number of fused-ring (bicyclic) bond motifs is 1. The molecule has 0 aromatic heterocycles. The average molecular weight is 352 g/mol. The van der Waals surface area contributed by atoms with E-state index in [0.29, 0.717) is 17.1 Å². The van der Waals surface area contributed by atoms with Gasteiger partial charge in [-0.25, -0.2) is 0 Å². The van der Waals surface area contributed by atoms with Gasteiger partial charge in [0.1, 0.15) is 12.1 Å². The van der Waals surface area contributed by atoms with Gasteiger partial charge in [0, 0.05) is 13.1 Å². The molecule has 1 aromatic rings. The van der Waals surface area contributed by atoms with E-state index in [1.165, 1.54) is 16.7 Å². The summed E-state index contributed by atoms with van der Waals surface area (Å²) in [5.74, 6) is -0.949. The molecule has 24 heavy (non-hydrogen) atoms. The number of hydrogen-bond donors (Lipinski definition) is 2.